The Labute approximate surface area is 67.1 Å². The minimum atomic E-state index is 0.0362. The average molecular weight is 176 g/mol. The van der Waals surface area contributed by atoms with Crippen LogP contribution in [0.5, 0.6) is 0 Å². The van der Waals surface area contributed by atoms with Gasteiger partial charge in [-0.15, -0.1) is 0 Å². The van der Waals surface area contributed by atoms with Crippen molar-refractivity contribution in [3.8, 4) is 0 Å². The summed E-state index contributed by atoms with van der Waals surface area (Å²) in [6.45, 7) is 0.726. The van der Waals surface area contributed by atoms with Gasteiger partial charge in [-0.05, 0) is 6.26 Å². The molecule has 10 heavy (non-hydrogen) atoms. The summed E-state index contributed by atoms with van der Waals surface area (Å²) in [6.07, 6.45) is 2.01. The van der Waals surface area contributed by atoms with Crippen LogP contribution in [-0.2, 0) is 6.54 Å². The largest absolute Gasteiger partial charge is 0.324 e. The summed E-state index contributed by atoms with van der Waals surface area (Å²) in [4.78, 5) is 10.9. The van der Waals surface area contributed by atoms with E-state index in [0.717, 1.165) is 23.6 Å². The normalized spacial score (nSPS) is 10.1. The second kappa shape index (κ2) is 3.78. The fourth-order valence-corrected chi connectivity index (χ4v) is 1.43. The first-order chi connectivity index (χ1) is 4.84. The summed E-state index contributed by atoms with van der Waals surface area (Å²) >= 11 is 2.86. The van der Waals surface area contributed by atoms with Crippen molar-refractivity contribution in [1.29, 1.82) is 0 Å². The Morgan fingerprint density at radius 3 is 3.20 bits per heavy atom. The van der Waals surface area contributed by atoms with Gasteiger partial charge in [0.1, 0.15) is 5.51 Å². The van der Waals surface area contributed by atoms with Crippen molar-refractivity contribution >= 4 is 23.1 Å². The fraction of sp³-hybridized carbons (Fsp3) is 0.600. The van der Waals surface area contributed by atoms with Gasteiger partial charge < -0.3 is 0 Å². The van der Waals surface area contributed by atoms with E-state index in [-0.39, 0.29) is 4.87 Å². The number of nitrogens with zero attached hydrogens (tertiary/aromatic N) is 2. The molecule has 3 nitrogen and oxygen atoms in total. The highest BCUT2D eigenvalue weighted by molar-refractivity contribution is 7.98. The number of hydrogen-bond acceptors (Lipinski definition) is 4. The zero-order valence-corrected chi connectivity index (χ0v) is 7.24. The van der Waals surface area contributed by atoms with E-state index >= 15 is 0 Å². The van der Waals surface area contributed by atoms with Crippen LogP contribution in [0, 0.1) is 0 Å². The maximum atomic E-state index is 10.8. The standard InChI is InChI=1S/C5H8N2OS2/c1-9-3-2-7-5(8)10-4-6-7/h4H,2-3H2,1H3. The number of rotatable bonds is 3. The zero-order valence-electron chi connectivity index (χ0n) is 5.61. The van der Waals surface area contributed by atoms with Crippen molar-refractivity contribution in [2.75, 3.05) is 12.0 Å². The maximum absolute atomic E-state index is 10.8. The molecule has 0 atom stereocenters. The Kier molecular flexibility index (Phi) is 2.95. The van der Waals surface area contributed by atoms with Crippen LogP contribution in [0.4, 0.5) is 0 Å². The molecule has 0 aliphatic carbocycles. The summed E-state index contributed by atoms with van der Waals surface area (Å²) in [7, 11) is 0. The first kappa shape index (κ1) is 7.81. The molecule has 0 bridgehead atoms. The molecule has 0 saturated heterocycles. The lowest BCUT2D eigenvalue weighted by molar-refractivity contribution is 0.647. The van der Waals surface area contributed by atoms with Crippen molar-refractivity contribution in [3.63, 3.8) is 0 Å². The van der Waals surface area contributed by atoms with Gasteiger partial charge in [0.15, 0.2) is 0 Å². The van der Waals surface area contributed by atoms with E-state index in [9.17, 15) is 4.79 Å². The summed E-state index contributed by atoms with van der Waals surface area (Å²) in [5.41, 5.74) is 1.57. The molecule has 0 aliphatic rings. The first-order valence-electron chi connectivity index (χ1n) is 2.84. The van der Waals surface area contributed by atoms with E-state index in [1.165, 1.54) is 4.68 Å². The van der Waals surface area contributed by atoms with E-state index in [0.29, 0.717) is 0 Å². The Balaban J connectivity index is 2.57. The molecule has 56 valence electrons. The molecular weight excluding hydrogens is 168 g/mol. The van der Waals surface area contributed by atoms with Crippen molar-refractivity contribution < 1.29 is 0 Å². The predicted octanol–water partition coefficient (Wildman–Crippen LogP) is 0.668. The lowest BCUT2D eigenvalue weighted by Crippen LogP contribution is -2.15. The molecule has 1 rings (SSSR count). The van der Waals surface area contributed by atoms with Gasteiger partial charge in [-0.3, -0.25) is 4.79 Å². The van der Waals surface area contributed by atoms with Crippen molar-refractivity contribution in [3.05, 3.63) is 15.2 Å². The van der Waals surface area contributed by atoms with E-state index < -0.39 is 0 Å². The van der Waals surface area contributed by atoms with Gasteiger partial charge in [0, 0.05) is 5.75 Å². The first-order valence-corrected chi connectivity index (χ1v) is 5.11. The van der Waals surface area contributed by atoms with E-state index in [1.807, 2.05) is 6.26 Å². The quantitative estimate of drug-likeness (QED) is 0.679. The van der Waals surface area contributed by atoms with E-state index in [4.69, 9.17) is 0 Å². The molecule has 1 heterocycles. The van der Waals surface area contributed by atoms with Gasteiger partial charge >= 0.3 is 4.87 Å². The lowest BCUT2D eigenvalue weighted by atomic mass is 10.8. The SMILES string of the molecule is CSCCn1ncsc1=O. The zero-order chi connectivity index (χ0) is 7.40. The van der Waals surface area contributed by atoms with Gasteiger partial charge in [-0.1, -0.05) is 11.3 Å². The second-order valence-electron chi connectivity index (χ2n) is 1.72. The average Bonchev–Trinajstić information content (AvgIpc) is 2.31. The Morgan fingerprint density at radius 2 is 2.70 bits per heavy atom. The molecular formula is C5H8N2OS2. The fourth-order valence-electron chi connectivity index (χ4n) is 0.560. The predicted molar refractivity (Wildman–Crippen MR) is 44.8 cm³/mol. The van der Waals surface area contributed by atoms with Gasteiger partial charge in [0.2, 0.25) is 0 Å². The van der Waals surface area contributed by atoms with Gasteiger partial charge in [0.05, 0.1) is 6.54 Å². The van der Waals surface area contributed by atoms with Crippen LogP contribution < -0.4 is 4.87 Å². The Morgan fingerprint density at radius 1 is 1.90 bits per heavy atom. The van der Waals surface area contributed by atoms with Crippen LogP contribution >= 0.6 is 23.1 Å². The Bertz CT molecular complexity index is 242. The van der Waals surface area contributed by atoms with Gasteiger partial charge in [-0.2, -0.15) is 16.9 Å². The summed E-state index contributed by atoms with van der Waals surface area (Å²) in [5, 5.41) is 3.86. The molecule has 0 radical (unpaired) electrons. The molecule has 0 saturated carbocycles. The van der Waals surface area contributed by atoms with Gasteiger partial charge in [0.25, 0.3) is 0 Å². The lowest BCUT2D eigenvalue weighted by Gasteiger charge is -1.93. The summed E-state index contributed by atoms with van der Waals surface area (Å²) < 4.78 is 1.49. The molecule has 0 amide bonds. The number of hydrogen-bond donors (Lipinski definition) is 0. The minimum Gasteiger partial charge on any atom is -0.255 e. The van der Waals surface area contributed by atoms with Crippen molar-refractivity contribution in [2.24, 2.45) is 0 Å². The highest BCUT2D eigenvalue weighted by atomic mass is 32.2. The third-order valence-corrected chi connectivity index (χ3v) is 2.26. The molecule has 0 aromatic carbocycles. The molecule has 0 N–H and O–H groups in total. The van der Waals surface area contributed by atoms with Crippen LogP contribution in [-0.4, -0.2) is 21.8 Å². The van der Waals surface area contributed by atoms with Crippen LogP contribution in [0.1, 0.15) is 0 Å². The van der Waals surface area contributed by atoms with Crippen LogP contribution in [0.25, 0.3) is 0 Å². The smallest absolute Gasteiger partial charge is 0.255 e. The van der Waals surface area contributed by atoms with E-state index in [1.54, 1.807) is 17.3 Å². The van der Waals surface area contributed by atoms with Crippen LogP contribution in [0.2, 0.25) is 0 Å². The highest BCUT2D eigenvalue weighted by Gasteiger charge is 1.94. The highest BCUT2D eigenvalue weighted by Crippen LogP contribution is 1.92. The van der Waals surface area contributed by atoms with E-state index in [2.05, 4.69) is 5.10 Å². The third kappa shape index (κ3) is 1.85. The molecule has 1 aromatic rings. The molecule has 0 spiro atoms. The summed E-state index contributed by atoms with van der Waals surface area (Å²) in [5.74, 6) is 0.948. The summed E-state index contributed by atoms with van der Waals surface area (Å²) in [6, 6.07) is 0. The molecule has 0 fully saturated rings. The Hall–Kier alpha value is -0.290. The number of aromatic nitrogens is 2. The second-order valence-corrected chi connectivity index (χ2v) is 3.50. The van der Waals surface area contributed by atoms with Crippen LogP contribution in [0.15, 0.2) is 10.3 Å². The molecule has 0 unspecified atom stereocenters. The number of thioether (sulfide) groups is 1. The monoisotopic (exact) mass is 176 g/mol. The third-order valence-electron chi connectivity index (χ3n) is 1.06. The minimum absolute atomic E-state index is 0.0362. The topological polar surface area (TPSA) is 34.9 Å². The molecule has 1 aromatic heterocycles. The van der Waals surface area contributed by atoms with Crippen LogP contribution in [0.3, 0.4) is 0 Å². The van der Waals surface area contributed by atoms with Gasteiger partial charge in [-0.25, -0.2) is 4.68 Å². The van der Waals surface area contributed by atoms with Crippen molar-refractivity contribution in [2.45, 2.75) is 6.54 Å². The molecule has 0 aliphatic heterocycles. The molecule has 5 heteroatoms. The maximum Gasteiger partial charge on any atom is 0.324 e. The van der Waals surface area contributed by atoms with Crippen molar-refractivity contribution in [1.82, 2.24) is 9.78 Å². The number of aryl methyl sites for hydroxylation is 1.